The number of anilines is 2. The Hall–Kier alpha value is -5.87. The molecule has 72 heavy (non-hydrogen) atoms. The highest BCUT2D eigenvalue weighted by molar-refractivity contribution is 7.80. The Balaban J connectivity index is 1.02. The Kier molecular flexibility index (Phi) is 14.1. The lowest BCUT2D eigenvalue weighted by Gasteiger charge is -2.41. The molecule has 3 aliphatic heterocycles. The summed E-state index contributed by atoms with van der Waals surface area (Å²) in [6.07, 6.45) is 2.23. The highest BCUT2D eigenvalue weighted by Gasteiger charge is 2.54. The van der Waals surface area contributed by atoms with Crippen LogP contribution >= 0.6 is 24.4 Å². The van der Waals surface area contributed by atoms with Crippen molar-refractivity contribution in [1.82, 2.24) is 60.3 Å². The smallest absolute Gasteiger partial charge is 0.256 e. The first-order valence-corrected chi connectivity index (χ1v) is 30.6. The summed E-state index contributed by atoms with van der Waals surface area (Å²) in [7, 11) is -5.03. The molecule has 0 unspecified atom stereocenters. The Morgan fingerprint density at radius 3 is 1.35 bits per heavy atom. The Labute approximate surface area is 430 Å². The number of ether oxygens (including phenoxy) is 2. The number of nitrogens with zero attached hydrogens (tertiary/aromatic N) is 8. The van der Waals surface area contributed by atoms with Crippen molar-refractivity contribution in [3.63, 3.8) is 0 Å². The number of hydrogen-bond acceptors (Lipinski definition) is 14. The van der Waals surface area contributed by atoms with E-state index >= 15 is 0 Å². The monoisotopic (exact) mass is 1050 g/mol. The van der Waals surface area contributed by atoms with Gasteiger partial charge in [-0.25, -0.2) is 29.9 Å². The zero-order chi connectivity index (χ0) is 51.3. The third kappa shape index (κ3) is 10.2. The topological polar surface area (TPSA) is 230 Å². The van der Waals surface area contributed by atoms with Gasteiger partial charge in [0.05, 0.1) is 24.7 Å². The largest absolute Gasteiger partial charge is 0.407 e. The summed E-state index contributed by atoms with van der Waals surface area (Å²) in [6, 6.07) is 16.8. The molecule has 3 fully saturated rings. The first-order valence-electron chi connectivity index (χ1n) is 23.9. The first kappa shape index (κ1) is 51.1. The number of carbonyl (C=O) groups is 2. The molecule has 8 atom stereocenters. The number of thiocarbonyl (C=S) groups is 2. The van der Waals surface area contributed by atoms with Gasteiger partial charge < -0.3 is 50.2 Å². The molecule has 9 rings (SSSR count). The third-order valence-corrected chi connectivity index (χ3v) is 24.0. The second kappa shape index (κ2) is 19.9. The summed E-state index contributed by atoms with van der Waals surface area (Å²) in [5, 5.41) is 20.3. The maximum absolute atomic E-state index is 13.3. The van der Waals surface area contributed by atoms with Gasteiger partial charge in [-0.15, -0.1) is 0 Å². The van der Waals surface area contributed by atoms with Crippen molar-refractivity contribution in [1.29, 1.82) is 0 Å². The number of carbonyl (C=O) groups excluding carboxylic acids is 2. The van der Waals surface area contributed by atoms with Gasteiger partial charge in [0.15, 0.2) is 73.3 Å². The van der Waals surface area contributed by atoms with Crippen molar-refractivity contribution >= 4 is 97.1 Å². The number of imidazole rings is 2. The summed E-state index contributed by atoms with van der Waals surface area (Å²) >= 11 is 12.3. The van der Waals surface area contributed by atoms with E-state index in [4.69, 9.17) is 52.7 Å². The minimum absolute atomic E-state index is 0.170. The number of fused-ring (bicyclic) bond motifs is 4. The fourth-order valence-corrected chi connectivity index (χ4v) is 11.5. The molecule has 2 amide bonds. The minimum Gasteiger partial charge on any atom is -0.407 e. The molecule has 380 valence electrons. The zero-order valence-corrected chi connectivity index (χ0v) is 45.6. The molecule has 20 nitrogen and oxygen atoms in total. The van der Waals surface area contributed by atoms with Crippen LogP contribution in [-0.4, -0.2) is 127 Å². The Bertz CT molecular complexity index is 2790. The maximum Gasteiger partial charge on any atom is 0.256 e. The van der Waals surface area contributed by atoms with Crippen LogP contribution in [0.5, 0.6) is 0 Å². The summed E-state index contributed by atoms with van der Waals surface area (Å²) in [6.45, 7) is 22.4. The molecule has 0 radical (unpaired) electrons. The van der Waals surface area contributed by atoms with Gasteiger partial charge in [-0.3, -0.25) is 18.7 Å². The Morgan fingerprint density at radius 2 is 0.986 bits per heavy atom. The average Bonchev–Trinajstić information content (AvgIpc) is 4.11. The Morgan fingerprint density at radius 1 is 0.611 bits per heavy atom. The third-order valence-electron chi connectivity index (χ3n) is 14.5. The summed E-state index contributed by atoms with van der Waals surface area (Å²) < 4.78 is 32.4. The van der Waals surface area contributed by atoms with Crippen molar-refractivity contribution in [2.75, 3.05) is 23.7 Å². The van der Waals surface area contributed by atoms with Gasteiger partial charge in [-0.05, 0) is 85.0 Å². The average molecular weight is 1050 g/mol. The number of amides is 2. The van der Waals surface area contributed by atoms with Crippen LogP contribution in [-0.2, 0) is 18.3 Å². The molecular formula is C48H62N14O6S2Si2. The van der Waals surface area contributed by atoms with Gasteiger partial charge in [0.25, 0.3) is 11.8 Å². The predicted octanol–water partition coefficient (Wildman–Crippen LogP) is 6.43. The van der Waals surface area contributed by atoms with Crippen LogP contribution in [0.25, 0.3) is 22.3 Å². The molecular weight excluding hydrogens is 989 g/mol. The molecule has 0 spiro atoms. The van der Waals surface area contributed by atoms with Gasteiger partial charge in [0, 0.05) is 24.2 Å². The van der Waals surface area contributed by atoms with Crippen LogP contribution in [0.2, 0.25) is 36.3 Å². The fraction of sp³-hybridized carbons (Fsp3) is 0.458. The number of aromatic nitrogens is 8. The van der Waals surface area contributed by atoms with E-state index in [9.17, 15) is 9.59 Å². The molecule has 6 N–H and O–H groups in total. The van der Waals surface area contributed by atoms with Crippen LogP contribution < -0.4 is 31.9 Å². The van der Waals surface area contributed by atoms with Crippen molar-refractivity contribution in [3.8, 4) is 0 Å². The molecule has 3 aliphatic rings. The second-order valence-corrected chi connectivity index (χ2v) is 31.6. The van der Waals surface area contributed by atoms with E-state index in [1.807, 2.05) is 21.3 Å². The van der Waals surface area contributed by atoms with Crippen LogP contribution in [0.3, 0.4) is 0 Å². The number of benzene rings is 2. The van der Waals surface area contributed by atoms with E-state index < -0.39 is 65.6 Å². The van der Waals surface area contributed by atoms with Gasteiger partial charge >= 0.3 is 0 Å². The van der Waals surface area contributed by atoms with Crippen molar-refractivity contribution in [3.05, 3.63) is 97.1 Å². The molecule has 3 saturated heterocycles. The SMILES string of the molecule is CC(C)(C)[Si](C)(C)O[C@@H]1[C@@H]2NC(=S)NC[C@H]3O[C@@H](n4cnc5c(NC(=O)c6ccccc6)ncnc54)[C@H](O[Si](C)(C)C(C)(C)C)[C@@H]3NC(=S)NC[C@H]2O[C@H]1n1cnc2c(NC(=O)c3ccccc3)ncnc21. The van der Waals surface area contributed by atoms with Crippen molar-refractivity contribution in [2.24, 2.45) is 0 Å². The lowest BCUT2D eigenvalue weighted by molar-refractivity contribution is -0.0297. The molecule has 24 heteroatoms. The second-order valence-electron chi connectivity index (χ2n) is 21.3. The zero-order valence-electron chi connectivity index (χ0n) is 42.0. The van der Waals surface area contributed by atoms with Gasteiger partial charge in [-0.1, -0.05) is 77.9 Å². The summed E-state index contributed by atoms with van der Waals surface area (Å²) in [4.78, 5) is 54.1. The minimum atomic E-state index is -2.52. The van der Waals surface area contributed by atoms with Gasteiger partial charge in [0.2, 0.25) is 0 Å². The first-order chi connectivity index (χ1) is 34.1. The molecule has 6 aromatic rings. The highest BCUT2D eigenvalue weighted by Crippen LogP contribution is 2.44. The molecule has 4 aromatic heterocycles. The summed E-state index contributed by atoms with van der Waals surface area (Å²) in [5.41, 5.74) is 2.63. The number of hydrogen-bond donors (Lipinski definition) is 6. The highest BCUT2D eigenvalue weighted by atomic mass is 32.1. The molecule has 0 bridgehead atoms. The van der Waals surface area contributed by atoms with Crippen LogP contribution in [0.4, 0.5) is 11.6 Å². The van der Waals surface area contributed by atoms with Gasteiger partial charge in [-0.2, -0.15) is 0 Å². The van der Waals surface area contributed by atoms with E-state index in [0.717, 1.165) is 0 Å². The van der Waals surface area contributed by atoms with Crippen LogP contribution in [0.1, 0.15) is 74.7 Å². The maximum atomic E-state index is 13.3. The lowest BCUT2D eigenvalue weighted by Crippen LogP contribution is -2.61. The van der Waals surface area contributed by atoms with Crippen LogP contribution in [0.15, 0.2) is 86.0 Å². The number of nitrogens with one attached hydrogen (secondary N) is 6. The molecule has 0 aliphatic carbocycles. The van der Waals surface area contributed by atoms with E-state index in [-0.39, 0.29) is 46.6 Å². The van der Waals surface area contributed by atoms with E-state index in [1.54, 1.807) is 61.2 Å². The number of rotatable bonds is 10. The standard InChI is InChI=1S/C48H62N14O6S2Si2/c1-47(2,3)71(7,8)67-35-31-29(65-43(35)61-25-55-33-37(51-23-53-39(33)61)59-41(63)27-17-13-11-14-18-27)21-49-46(70)58-32-30(22-50-45(69)57-31)66-44(36(32)68-72(9,10)48(4,5)6)62-26-56-34-38(52-24-54-40(34)62)60-42(64)28-19-15-12-16-20-28/h11-20,23-26,29-32,35-36,43-44H,21-22H2,1-10H3,(H2,50,57,69)(H2,49,58,70)(H,51,53,59,63)(H,52,54,60,64)/t29-,30-,31-,32-,35-,36-,43-,44-/m1/s1. The molecule has 2 aromatic carbocycles. The molecule has 0 saturated carbocycles. The van der Waals surface area contributed by atoms with E-state index in [2.05, 4.69) is 120 Å². The van der Waals surface area contributed by atoms with Crippen molar-refractivity contribution in [2.45, 2.75) is 127 Å². The van der Waals surface area contributed by atoms with Crippen LogP contribution in [0, 0.1) is 0 Å². The quantitative estimate of drug-likeness (QED) is 0.0642. The fourth-order valence-electron chi connectivity index (χ4n) is 8.49. The lowest BCUT2D eigenvalue weighted by atomic mass is 10.1. The van der Waals surface area contributed by atoms with E-state index in [1.165, 1.54) is 12.7 Å². The molecule has 7 heterocycles. The van der Waals surface area contributed by atoms with Crippen molar-refractivity contribution < 1.29 is 27.9 Å². The van der Waals surface area contributed by atoms with Gasteiger partial charge in [0.1, 0.15) is 37.1 Å². The predicted molar refractivity (Wildman–Crippen MR) is 286 cm³/mol. The van der Waals surface area contributed by atoms with E-state index in [0.29, 0.717) is 43.7 Å². The normalized spacial score (nSPS) is 24.2. The summed E-state index contributed by atoms with van der Waals surface area (Å²) in [5.74, 6) is -0.129.